The minimum atomic E-state index is -1.57. The molecule has 3 N–H and O–H groups in total. The lowest BCUT2D eigenvalue weighted by atomic mass is 9.69. The number of ether oxygens (including phenoxy) is 2. The lowest BCUT2D eigenvalue weighted by molar-refractivity contribution is -0.139. The highest BCUT2D eigenvalue weighted by molar-refractivity contribution is 9.10. The third-order valence-corrected chi connectivity index (χ3v) is 5.51. The van der Waals surface area contributed by atoms with E-state index in [0.29, 0.717) is 16.9 Å². The van der Waals surface area contributed by atoms with E-state index in [1.54, 1.807) is 25.2 Å². The molecule has 10 heteroatoms. The number of esters is 1. The van der Waals surface area contributed by atoms with E-state index in [2.05, 4.69) is 26.1 Å². The molecule has 0 bridgehead atoms. The van der Waals surface area contributed by atoms with Gasteiger partial charge in [0.15, 0.2) is 0 Å². The molecule has 2 aliphatic rings. The summed E-state index contributed by atoms with van der Waals surface area (Å²) in [5.74, 6) is -1.08. The summed E-state index contributed by atoms with van der Waals surface area (Å²) in [4.78, 5) is 27.0. The fourth-order valence-electron chi connectivity index (χ4n) is 3.83. The van der Waals surface area contributed by atoms with E-state index in [1.807, 2.05) is 6.07 Å². The van der Waals surface area contributed by atoms with Gasteiger partial charge in [-0.1, -0.05) is 15.9 Å². The number of methoxy groups -OCH3 is 1. The summed E-state index contributed by atoms with van der Waals surface area (Å²) in [5, 5.41) is 16.7. The van der Waals surface area contributed by atoms with Crippen molar-refractivity contribution in [1.29, 1.82) is 5.26 Å². The SMILES string of the molecule is COC(=O)Cc1[nH]nc2c1[C@@]1(C(=O)N(C)c3ccc(Br)cc31)C(C#N)=C(N)O2. The van der Waals surface area contributed by atoms with Crippen molar-refractivity contribution in [1.82, 2.24) is 10.2 Å². The van der Waals surface area contributed by atoms with Gasteiger partial charge in [-0.25, -0.2) is 0 Å². The Balaban J connectivity index is 2.11. The van der Waals surface area contributed by atoms with Crippen molar-refractivity contribution in [2.24, 2.45) is 5.73 Å². The first-order valence-electron chi connectivity index (χ1n) is 8.17. The molecular weight excluding hydrogens is 430 g/mol. The summed E-state index contributed by atoms with van der Waals surface area (Å²) >= 11 is 3.42. The minimum absolute atomic E-state index is 0.0463. The van der Waals surface area contributed by atoms with Gasteiger partial charge in [0.2, 0.25) is 17.7 Å². The first kappa shape index (κ1) is 18.1. The molecule has 1 atom stereocenters. The molecule has 0 unspecified atom stereocenters. The monoisotopic (exact) mass is 443 g/mol. The van der Waals surface area contributed by atoms with E-state index in [-0.39, 0.29) is 29.3 Å². The average Bonchev–Trinajstić information content (AvgIpc) is 3.15. The maximum absolute atomic E-state index is 13.6. The van der Waals surface area contributed by atoms with Crippen LogP contribution in [0.4, 0.5) is 5.69 Å². The van der Waals surface area contributed by atoms with Gasteiger partial charge in [-0.05, 0) is 18.2 Å². The molecule has 1 spiro atoms. The number of aromatic nitrogens is 2. The van der Waals surface area contributed by atoms with Crippen LogP contribution in [-0.4, -0.2) is 36.2 Å². The van der Waals surface area contributed by atoms with Crippen LogP contribution in [0.3, 0.4) is 0 Å². The molecule has 28 heavy (non-hydrogen) atoms. The van der Waals surface area contributed by atoms with Crippen molar-refractivity contribution in [3.63, 3.8) is 0 Å². The van der Waals surface area contributed by atoms with Crippen molar-refractivity contribution in [3.8, 4) is 11.9 Å². The van der Waals surface area contributed by atoms with Crippen LogP contribution < -0.4 is 15.4 Å². The van der Waals surface area contributed by atoms with E-state index < -0.39 is 17.3 Å². The topological polar surface area (TPSA) is 134 Å². The summed E-state index contributed by atoms with van der Waals surface area (Å²) in [6.45, 7) is 0. The third kappa shape index (κ3) is 2.13. The number of anilines is 1. The van der Waals surface area contributed by atoms with Crippen molar-refractivity contribution in [3.05, 3.63) is 50.9 Å². The summed E-state index contributed by atoms with van der Waals surface area (Å²) in [7, 11) is 2.88. The Labute approximate surface area is 167 Å². The summed E-state index contributed by atoms with van der Waals surface area (Å²) in [6, 6.07) is 7.35. The number of halogens is 1. The maximum atomic E-state index is 13.6. The van der Waals surface area contributed by atoms with Crippen LogP contribution in [0.2, 0.25) is 0 Å². The molecule has 0 aliphatic carbocycles. The molecule has 9 nitrogen and oxygen atoms in total. The number of H-pyrrole nitrogens is 1. The van der Waals surface area contributed by atoms with Gasteiger partial charge in [0.05, 0.1) is 24.8 Å². The van der Waals surface area contributed by atoms with Crippen molar-refractivity contribution >= 4 is 33.5 Å². The second kappa shape index (κ2) is 6.10. The number of nitrogens with two attached hydrogens (primary N) is 1. The minimum Gasteiger partial charge on any atom is -0.469 e. The van der Waals surface area contributed by atoms with Gasteiger partial charge in [-0.3, -0.25) is 14.7 Å². The first-order valence-corrected chi connectivity index (χ1v) is 8.96. The Kier molecular flexibility index (Phi) is 3.94. The lowest BCUT2D eigenvalue weighted by Crippen LogP contribution is -2.45. The zero-order valence-corrected chi connectivity index (χ0v) is 16.5. The van der Waals surface area contributed by atoms with Crippen LogP contribution >= 0.6 is 15.9 Å². The molecule has 1 aromatic carbocycles. The third-order valence-electron chi connectivity index (χ3n) is 5.02. The number of carbonyl (C=O) groups is 2. The van der Waals surface area contributed by atoms with Gasteiger partial charge < -0.3 is 20.1 Å². The van der Waals surface area contributed by atoms with Crippen molar-refractivity contribution in [2.45, 2.75) is 11.8 Å². The Morgan fingerprint density at radius 3 is 2.96 bits per heavy atom. The number of fused-ring (bicyclic) bond motifs is 4. The highest BCUT2D eigenvalue weighted by atomic mass is 79.9. The lowest BCUT2D eigenvalue weighted by Gasteiger charge is -2.32. The standard InChI is InChI=1S/C18H14BrN5O4/c1-24-12-4-3-8(19)5-9(12)18(17(24)26)10(7-20)15(21)28-16-14(18)11(22-23-16)6-13(25)27-2/h3-5H,6,21H2,1-2H3,(H,22,23)/t18-/m0/s1. The zero-order chi connectivity index (χ0) is 20.2. The van der Waals surface area contributed by atoms with E-state index in [1.165, 1.54) is 12.0 Å². The van der Waals surface area contributed by atoms with E-state index in [0.717, 1.165) is 4.47 Å². The van der Waals surface area contributed by atoms with Gasteiger partial charge in [0.25, 0.3) is 0 Å². The van der Waals surface area contributed by atoms with Crippen LogP contribution in [0.15, 0.2) is 34.1 Å². The van der Waals surface area contributed by atoms with Crippen molar-refractivity contribution in [2.75, 3.05) is 19.1 Å². The molecule has 0 fully saturated rings. The molecule has 142 valence electrons. The van der Waals surface area contributed by atoms with Crippen LogP contribution in [0, 0.1) is 11.3 Å². The molecule has 4 rings (SSSR count). The van der Waals surface area contributed by atoms with Gasteiger partial charge in [0.1, 0.15) is 17.1 Å². The predicted molar refractivity (Wildman–Crippen MR) is 100 cm³/mol. The number of nitriles is 1. The predicted octanol–water partition coefficient (Wildman–Crippen LogP) is 1.24. The van der Waals surface area contributed by atoms with E-state index in [4.69, 9.17) is 15.2 Å². The molecule has 1 aromatic heterocycles. The van der Waals surface area contributed by atoms with Gasteiger partial charge in [-0.15, -0.1) is 5.10 Å². The summed E-state index contributed by atoms with van der Waals surface area (Å²) in [6.07, 6.45) is -0.178. The highest BCUT2D eigenvalue weighted by Crippen LogP contribution is 2.55. The molecular formula is C18H14BrN5O4. The number of nitrogens with zero attached hydrogens (tertiary/aromatic N) is 3. The number of carbonyl (C=O) groups excluding carboxylic acids is 2. The van der Waals surface area contributed by atoms with E-state index >= 15 is 0 Å². The number of rotatable bonds is 2. The number of hydrogen-bond donors (Lipinski definition) is 2. The molecule has 0 saturated carbocycles. The maximum Gasteiger partial charge on any atom is 0.311 e. The quantitative estimate of drug-likeness (QED) is 0.666. The van der Waals surface area contributed by atoms with Crippen LogP contribution in [0.5, 0.6) is 5.88 Å². The van der Waals surface area contributed by atoms with Crippen molar-refractivity contribution < 1.29 is 19.1 Å². The van der Waals surface area contributed by atoms with E-state index in [9.17, 15) is 14.9 Å². The molecule has 2 aromatic rings. The summed E-state index contributed by atoms with van der Waals surface area (Å²) < 4.78 is 11.0. The average molecular weight is 444 g/mol. The Morgan fingerprint density at radius 2 is 2.29 bits per heavy atom. The number of benzene rings is 1. The second-order valence-corrected chi connectivity index (χ2v) is 7.28. The van der Waals surface area contributed by atoms with Gasteiger partial charge >= 0.3 is 5.97 Å². The molecule has 2 aliphatic heterocycles. The van der Waals surface area contributed by atoms with Crippen LogP contribution in [-0.2, 0) is 26.2 Å². The molecule has 3 heterocycles. The first-order chi connectivity index (χ1) is 13.4. The number of likely N-dealkylation sites (N-methyl/N-ethyl adjacent to an activating group) is 1. The molecule has 1 amide bonds. The normalized spacial score (nSPS) is 19.9. The smallest absolute Gasteiger partial charge is 0.311 e. The highest BCUT2D eigenvalue weighted by Gasteiger charge is 2.60. The van der Waals surface area contributed by atoms with Crippen LogP contribution in [0.25, 0.3) is 0 Å². The Morgan fingerprint density at radius 1 is 1.54 bits per heavy atom. The second-order valence-electron chi connectivity index (χ2n) is 6.36. The number of hydrogen-bond acceptors (Lipinski definition) is 7. The number of nitrogens with one attached hydrogen (secondary N) is 1. The van der Waals surface area contributed by atoms with Crippen LogP contribution in [0.1, 0.15) is 16.8 Å². The molecule has 0 saturated heterocycles. The number of aromatic amines is 1. The zero-order valence-electron chi connectivity index (χ0n) is 14.9. The fourth-order valence-corrected chi connectivity index (χ4v) is 4.19. The summed E-state index contributed by atoms with van der Waals surface area (Å²) in [5.41, 5.74) is 6.15. The van der Waals surface area contributed by atoms with Gasteiger partial charge in [-0.2, -0.15) is 5.26 Å². The fraction of sp³-hybridized carbons (Fsp3) is 0.222. The largest absolute Gasteiger partial charge is 0.469 e. The Hall–Kier alpha value is -3.32. The van der Waals surface area contributed by atoms with Gasteiger partial charge in [0, 0.05) is 22.8 Å². The Bertz CT molecular complexity index is 1120. The number of amides is 1. The molecule has 0 radical (unpaired) electrons.